The normalized spacial score (nSPS) is 18.7. The van der Waals surface area contributed by atoms with Gasteiger partial charge in [0.2, 0.25) is 0 Å². The van der Waals surface area contributed by atoms with Gasteiger partial charge in [-0.15, -0.1) is 0 Å². The van der Waals surface area contributed by atoms with Crippen LogP contribution in [0.5, 0.6) is 11.5 Å². The minimum atomic E-state index is -5.19. The quantitative estimate of drug-likeness (QED) is 0.0573. The Morgan fingerprint density at radius 3 is 0.874 bits per heavy atom. The zero-order valence-electron chi connectivity index (χ0n) is 69.5. The van der Waals surface area contributed by atoms with Gasteiger partial charge in [0.05, 0.1) is 46.0 Å². The summed E-state index contributed by atoms with van der Waals surface area (Å²) in [5.41, 5.74) is -4.64. The minimum absolute atomic E-state index is 0.0811. The first-order valence-corrected chi connectivity index (χ1v) is 42.4. The highest BCUT2D eigenvalue weighted by Gasteiger charge is 2.64. The van der Waals surface area contributed by atoms with E-state index in [1.807, 2.05) is 84.6 Å². The third-order valence-electron chi connectivity index (χ3n) is 24.9. The Morgan fingerprint density at radius 2 is 0.630 bits per heavy atom. The molecule has 6 aromatic carbocycles. The minimum Gasteiger partial charge on any atom is -0.497 e. The number of halogens is 9. The molecule has 6 amide bonds. The molecule has 0 spiro atoms. The van der Waals surface area contributed by atoms with Crippen molar-refractivity contribution in [1.29, 1.82) is 0 Å². The molecule has 6 aliphatic heterocycles. The highest BCUT2D eigenvalue weighted by Crippen LogP contribution is 2.46. The number of aliphatic hydroxyl groups is 3. The number of nitrogens with zero attached hydrogens (tertiary/aromatic N) is 9. The molecule has 3 atom stereocenters. The SMILES string of the molecule is CCC(O)(C(=O)N1CCC(CC2CCN(c3ccc(C(=O)N(C)C)c(Cl)c3)CC2)CC1)c1ccccc1.COc1cccc([C@@](O)(C(=O)N2CCC(CC3CCN(c4ccc(C(=O)N(C)C)c(Cl)c4)CC3)CC2)C(F)(F)F)c1.COc1cccc([C@@](O)(C(=O)N2CCC(CC3CCN(c4ccc(C(=O)N(C)C)c(Cl)c4)CC3)CC2)C(F)(F)F)c1. The second-order valence-electron chi connectivity index (χ2n) is 33.3. The van der Waals surface area contributed by atoms with Crippen LogP contribution in [0.1, 0.15) is 157 Å². The average Bonchev–Trinajstić information content (AvgIpc) is 0.754. The number of benzene rings is 6. The third-order valence-corrected chi connectivity index (χ3v) is 25.9. The number of likely N-dealkylation sites (tertiary alicyclic amines) is 3. The van der Waals surface area contributed by atoms with E-state index in [0.717, 1.165) is 155 Å². The smallest absolute Gasteiger partial charge is 0.430 e. The van der Waals surface area contributed by atoms with Gasteiger partial charge in [-0.25, -0.2) is 0 Å². The van der Waals surface area contributed by atoms with Gasteiger partial charge in [0.1, 0.15) is 11.5 Å². The Bertz CT molecular complexity index is 4250. The highest BCUT2D eigenvalue weighted by atomic mass is 35.5. The van der Waals surface area contributed by atoms with E-state index < -0.39 is 52.1 Å². The van der Waals surface area contributed by atoms with Crippen LogP contribution in [-0.4, -0.2) is 228 Å². The summed E-state index contributed by atoms with van der Waals surface area (Å²) in [6.07, 6.45) is 3.62. The molecule has 3 N–H and O–H groups in total. The standard InChI is InChI=1S/2C30H37ClF3N3O4.C30H40ClN3O3/c2*1-35(2)27(38)25-8-7-23(19-26(25)31)36-13-9-20(10-14-36)17-21-11-15-37(16-12-21)28(39)29(40,30(32,33)34)22-5-4-6-24(18-22)41-3;1-4-30(37,24-8-6-5-7-9-24)29(36)34-18-14-23(15-19-34)20-22-12-16-33(17-13-22)25-10-11-26(27(31)21-25)28(35)32(2)3/h2*4-8,18-21,40H,9-17H2,1-3H3;5-11,21-23,37H,4,12-20H2,1-3H3/t2*29-;/m11./s1. The number of amides is 6. The lowest BCUT2D eigenvalue weighted by Crippen LogP contribution is -2.57. The van der Waals surface area contributed by atoms with Gasteiger partial charge in [0.15, 0.2) is 5.60 Å². The fraction of sp³-hybridized carbons (Fsp3) is 0.533. The van der Waals surface area contributed by atoms with Crippen molar-refractivity contribution in [1.82, 2.24) is 29.4 Å². The van der Waals surface area contributed by atoms with Crippen LogP contribution >= 0.6 is 34.8 Å². The Labute approximate surface area is 710 Å². The highest BCUT2D eigenvalue weighted by molar-refractivity contribution is 6.35. The molecular weight excluding hydrogens is 1600 g/mol. The molecule has 119 heavy (non-hydrogen) atoms. The van der Waals surface area contributed by atoms with Crippen molar-refractivity contribution in [2.45, 2.75) is 139 Å². The van der Waals surface area contributed by atoms with Crippen molar-refractivity contribution in [2.75, 3.05) is 150 Å². The monoisotopic (exact) mass is 1720 g/mol. The van der Waals surface area contributed by atoms with E-state index in [9.17, 15) is 70.4 Å². The Kier molecular flexibility index (Phi) is 31.5. The molecule has 0 saturated carbocycles. The van der Waals surface area contributed by atoms with E-state index in [1.165, 1.54) is 54.7 Å². The summed E-state index contributed by atoms with van der Waals surface area (Å²) in [7, 11) is 12.8. The zero-order valence-corrected chi connectivity index (χ0v) is 71.8. The van der Waals surface area contributed by atoms with Crippen LogP contribution < -0.4 is 24.2 Å². The van der Waals surface area contributed by atoms with E-state index in [4.69, 9.17) is 44.3 Å². The summed E-state index contributed by atoms with van der Waals surface area (Å²) in [6.45, 7) is 9.33. The molecule has 20 nitrogen and oxygen atoms in total. The molecule has 0 bridgehead atoms. The number of hydrogen-bond acceptors (Lipinski definition) is 14. The summed E-state index contributed by atoms with van der Waals surface area (Å²) < 4.78 is 94.7. The Morgan fingerprint density at radius 1 is 0.370 bits per heavy atom. The van der Waals surface area contributed by atoms with E-state index in [-0.39, 0.29) is 61.3 Å². The summed E-state index contributed by atoms with van der Waals surface area (Å²) in [5.74, 6) is -0.0915. The number of anilines is 3. The molecule has 648 valence electrons. The third kappa shape index (κ3) is 22.0. The van der Waals surface area contributed by atoms with Crippen LogP contribution in [0.2, 0.25) is 15.1 Å². The Hall–Kier alpha value is -8.53. The van der Waals surface area contributed by atoms with Gasteiger partial charge in [-0.1, -0.05) is 96.3 Å². The van der Waals surface area contributed by atoms with Gasteiger partial charge < -0.3 is 68.9 Å². The molecular formula is C90H114Cl3F6N9O11. The van der Waals surface area contributed by atoms with Crippen molar-refractivity contribution < 1.29 is 79.9 Å². The molecule has 12 rings (SSSR count). The molecule has 6 aromatic rings. The predicted molar refractivity (Wildman–Crippen MR) is 452 cm³/mol. The number of carbonyl (C=O) groups excluding carboxylic acids is 6. The molecule has 29 heteroatoms. The number of piperidine rings is 6. The van der Waals surface area contributed by atoms with Gasteiger partial charge >= 0.3 is 12.4 Å². The number of hydrogen-bond donors (Lipinski definition) is 3. The molecule has 0 aliphatic carbocycles. The fourth-order valence-corrected chi connectivity index (χ4v) is 18.3. The fourth-order valence-electron chi connectivity index (χ4n) is 17.6. The zero-order chi connectivity index (χ0) is 86.5. The van der Waals surface area contributed by atoms with Crippen LogP contribution in [-0.2, 0) is 31.2 Å². The van der Waals surface area contributed by atoms with Crippen molar-refractivity contribution >= 4 is 87.3 Å². The van der Waals surface area contributed by atoms with E-state index in [2.05, 4.69) is 14.7 Å². The maximum Gasteiger partial charge on any atom is 0.430 e. The van der Waals surface area contributed by atoms with Crippen LogP contribution in [0.3, 0.4) is 0 Å². The van der Waals surface area contributed by atoms with Crippen LogP contribution in [0.15, 0.2) is 133 Å². The maximum absolute atomic E-state index is 14.1. The van der Waals surface area contributed by atoms with E-state index >= 15 is 0 Å². The maximum atomic E-state index is 14.1. The summed E-state index contributed by atoms with van der Waals surface area (Å²) in [5, 5.41) is 34.1. The number of ether oxygens (including phenoxy) is 2. The molecule has 6 fully saturated rings. The first-order valence-electron chi connectivity index (χ1n) is 41.2. The first kappa shape index (κ1) is 92.8. The second-order valence-corrected chi connectivity index (χ2v) is 34.5. The lowest BCUT2D eigenvalue weighted by atomic mass is 9.82. The summed E-state index contributed by atoms with van der Waals surface area (Å²) in [4.78, 5) is 91.9. The van der Waals surface area contributed by atoms with Gasteiger partial charge in [0.25, 0.3) is 46.6 Å². The molecule has 6 aliphatic rings. The van der Waals surface area contributed by atoms with Crippen LogP contribution in [0.25, 0.3) is 0 Å². The molecule has 0 radical (unpaired) electrons. The Balaban J connectivity index is 0.000000188. The van der Waals surface area contributed by atoms with Gasteiger partial charge in [0, 0.05) is 149 Å². The largest absolute Gasteiger partial charge is 0.497 e. The number of alkyl halides is 6. The first-order chi connectivity index (χ1) is 56.4. The van der Waals surface area contributed by atoms with Gasteiger partial charge in [-0.3, -0.25) is 28.8 Å². The van der Waals surface area contributed by atoms with E-state index in [0.29, 0.717) is 118 Å². The number of rotatable bonds is 21. The lowest BCUT2D eigenvalue weighted by Gasteiger charge is -2.40. The van der Waals surface area contributed by atoms with Crippen molar-refractivity contribution in [3.63, 3.8) is 0 Å². The number of methoxy groups -OCH3 is 2. The lowest BCUT2D eigenvalue weighted by molar-refractivity contribution is -0.263. The van der Waals surface area contributed by atoms with E-state index in [1.54, 1.807) is 59.3 Å². The summed E-state index contributed by atoms with van der Waals surface area (Å²) >= 11 is 19.2. The summed E-state index contributed by atoms with van der Waals surface area (Å²) in [6, 6.07) is 36.0. The molecule has 0 aromatic heterocycles. The second kappa shape index (κ2) is 40.4. The van der Waals surface area contributed by atoms with Crippen molar-refractivity contribution in [3.8, 4) is 11.5 Å². The van der Waals surface area contributed by atoms with Crippen molar-refractivity contribution in [3.05, 3.63) is 182 Å². The molecule has 6 heterocycles. The predicted octanol–water partition coefficient (Wildman–Crippen LogP) is 15.9. The molecule has 1 unspecified atom stereocenters. The van der Waals surface area contributed by atoms with Gasteiger partial charge in [-0.05, 0) is 223 Å². The number of carbonyl (C=O) groups is 6. The van der Waals surface area contributed by atoms with Crippen LogP contribution in [0.4, 0.5) is 43.4 Å². The average molecular weight is 1720 g/mol. The van der Waals surface area contributed by atoms with Crippen molar-refractivity contribution in [2.24, 2.45) is 35.5 Å². The topological polar surface area (TPSA) is 211 Å². The molecule has 6 saturated heterocycles. The van der Waals surface area contributed by atoms with Gasteiger partial charge in [-0.2, -0.15) is 26.3 Å². The van der Waals surface area contributed by atoms with Crippen LogP contribution in [0, 0.1) is 35.5 Å².